The van der Waals surface area contributed by atoms with Gasteiger partial charge in [-0.2, -0.15) is 0 Å². The van der Waals surface area contributed by atoms with E-state index in [2.05, 4.69) is 143 Å². The summed E-state index contributed by atoms with van der Waals surface area (Å²) in [5.41, 5.74) is 8.60. The second kappa shape index (κ2) is 8.11. The van der Waals surface area contributed by atoms with Crippen LogP contribution in [0.15, 0.2) is 133 Å². The minimum absolute atomic E-state index is 0.404. The van der Waals surface area contributed by atoms with Crippen molar-refractivity contribution in [3.63, 3.8) is 0 Å². The fraction of sp³-hybridized carbons (Fsp3) is 0.121. The summed E-state index contributed by atoms with van der Waals surface area (Å²) in [5.74, 6) is 0. The predicted octanol–water partition coefficient (Wildman–Crippen LogP) is 8.73. The van der Waals surface area contributed by atoms with Crippen LogP contribution in [0.1, 0.15) is 25.9 Å². The molecule has 4 aromatic rings. The summed E-state index contributed by atoms with van der Waals surface area (Å²) >= 11 is -4.04. The van der Waals surface area contributed by atoms with E-state index in [4.69, 9.17) is 0 Å². The molecule has 0 bridgehead atoms. The summed E-state index contributed by atoms with van der Waals surface area (Å²) in [6.07, 6.45) is 9.51. The Morgan fingerprint density at radius 1 is 0.529 bits per heavy atom. The van der Waals surface area contributed by atoms with Crippen molar-refractivity contribution >= 4 is 3.21 Å². The summed E-state index contributed by atoms with van der Waals surface area (Å²) in [7, 11) is 0. The topological polar surface area (TPSA) is 0 Å². The van der Waals surface area contributed by atoms with Crippen LogP contribution in [0.3, 0.4) is 0 Å². The van der Waals surface area contributed by atoms with Crippen LogP contribution in [0.5, 0.6) is 0 Å². The molecule has 0 aromatic heterocycles. The fourth-order valence-electron chi connectivity index (χ4n) is 6.93. The first-order valence-corrected chi connectivity index (χ1v) is 21.3. The van der Waals surface area contributed by atoms with Crippen LogP contribution in [-0.2, 0) is 18.3 Å². The number of allylic oxidation sites excluding steroid dienone is 4. The van der Waals surface area contributed by atoms with E-state index < -0.39 is 18.3 Å². The first kappa shape index (κ1) is 21.6. The second-order valence-corrected chi connectivity index (χ2v) is 27.7. The van der Waals surface area contributed by atoms with Gasteiger partial charge in [-0.15, -0.1) is 0 Å². The Labute approximate surface area is 203 Å². The van der Waals surface area contributed by atoms with E-state index in [0.29, 0.717) is 7.25 Å². The molecule has 0 nitrogen and oxygen atoms in total. The van der Waals surface area contributed by atoms with Gasteiger partial charge in [0, 0.05) is 0 Å². The number of benzene rings is 4. The predicted molar refractivity (Wildman–Crippen MR) is 144 cm³/mol. The zero-order valence-corrected chi connectivity index (χ0v) is 22.3. The van der Waals surface area contributed by atoms with E-state index in [1.54, 1.807) is 3.21 Å². The van der Waals surface area contributed by atoms with E-state index >= 15 is 0 Å². The quantitative estimate of drug-likeness (QED) is 0.254. The molecule has 0 aliphatic heterocycles. The summed E-state index contributed by atoms with van der Waals surface area (Å²) in [4.78, 5) is 0. The van der Waals surface area contributed by atoms with Crippen molar-refractivity contribution in [3.05, 3.63) is 156 Å². The molecule has 0 heterocycles. The molecule has 0 saturated heterocycles. The van der Waals surface area contributed by atoms with Crippen molar-refractivity contribution < 1.29 is 18.3 Å². The van der Waals surface area contributed by atoms with Crippen LogP contribution in [0.2, 0.25) is 12.9 Å². The molecule has 0 radical (unpaired) electrons. The van der Waals surface area contributed by atoms with Gasteiger partial charge in [-0.3, -0.25) is 0 Å². The Bertz CT molecular complexity index is 1400. The van der Waals surface area contributed by atoms with Gasteiger partial charge in [0.25, 0.3) is 0 Å². The first-order chi connectivity index (χ1) is 16.6. The van der Waals surface area contributed by atoms with Crippen LogP contribution in [0.4, 0.5) is 0 Å². The van der Waals surface area contributed by atoms with Crippen molar-refractivity contribution in [1.29, 1.82) is 0 Å². The summed E-state index contributed by atoms with van der Waals surface area (Å²) in [6.45, 7) is 0. The average Bonchev–Trinajstić information content (AvgIpc) is 3.54. The fourth-order valence-corrected chi connectivity index (χ4v) is 24.1. The molecule has 0 saturated carbocycles. The second-order valence-electron chi connectivity index (χ2n) is 10.6. The Morgan fingerprint density at radius 3 is 1.41 bits per heavy atom. The van der Waals surface area contributed by atoms with Crippen LogP contribution in [0, 0.1) is 0 Å². The summed E-state index contributed by atoms with van der Waals surface area (Å²) in [5, 5.41) is 0. The van der Waals surface area contributed by atoms with Crippen LogP contribution in [0.25, 0.3) is 11.1 Å². The SMILES string of the molecule is [CH3][Zr]([CH3])(=[C](c1ccccc1)c1ccccc1)([CH]1C=CC=C1)[CH]1c2ccccc2-c2ccccc21. The molecule has 0 fully saturated rings. The van der Waals surface area contributed by atoms with Gasteiger partial charge in [-0.1, -0.05) is 0 Å². The first-order valence-electron chi connectivity index (χ1n) is 12.3. The molecule has 166 valence electrons. The molecule has 0 spiro atoms. The minimum atomic E-state index is -4.04. The van der Waals surface area contributed by atoms with E-state index in [0.717, 1.165) is 0 Å². The standard InChI is InChI=1S/C13H9.C13H10.C5H5.2CH3.Zr/c1-3-7-12-10(5-1)9-11-6-2-4-8-13(11)12;1-3-7-12(8-4-1)11-13-9-5-2-6-10-13;1-2-4-5-3-1;;;/h1-9H;1-10H;1-5H;2*1H3;. The van der Waals surface area contributed by atoms with Crippen molar-refractivity contribution in [2.45, 2.75) is 16.5 Å². The normalized spacial score (nSPS) is 15.4. The zero-order chi connectivity index (χ0) is 23.2. The third-order valence-electron chi connectivity index (χ3n) is 8.41. The van der Waals surface area contributed by atoms with Gasteiger partial charge in [0.2, 0.25) is 0 Å². The number of rotatable bonds is 4. The molecule has 34 heavy (non-hydrogen) atoms. The molecule has 4 aromatic carbocycles. The van der Waals surface area contributed by atoms with Gasteiger partial charge in [0.15, 0.2) is 0 Å². The molecule has 0 atom stereocenters. The third-order valence-corrected chi connectivity index (χ3v) is 25.6. The van der Waals surface area contributed by atoms with Crippen LogP contribution in [-0.4, -0.2) is 3.21 Å². The van der Waals surface area contributed by atoms with Gasteiger partial charge in [0.1, 0.15) is 0 Å². The number of hydrogen-bond acceptors (Lipinski definition) is 0. The summed E-state index contributed by atoms with van der Waals surface area (Å²) in [6, 6.07) is 40.7. The van der Waals surface area contributed by atoms with Gasteiger partial charge >= 0.3 is 205 Å². The molecule has 2 aliphatic rings. The van der Waals surface area contributed by atoms with E-state index in [1.165, 1.54) is 33.4 Å². The van der Waals surface area contributed by atoms with E-state index in [9.17, 15) is 0 Å². The van der Waals surface area contributed by atoms with Crippen molar-refractivity contribution in [1.82, 2.24) is 0 Å². The van der Waals surface area contributed by atoms with Crippen molar-refractivity contribution in [2.75, 3.05) is 0 Å². The molecule has 0 unspecified atom stereocenters. The molecule has 0 amide bonds. The molecular formula is C33H30Zr. The molecule has 1 heteroatoms. The monoisotopic (exact) mass is 516 g/mol. The molecule has 0 N–H and O–H groups in total. The van der Waals surface area contributed by atoms with Crippen LogP contribution >= 0.6 is 0 Å². The summed E-state index contributed by atoms with van der Waals surface area (Å²) < 4.78 is 7.87. The Kier molecular flexibility index (Phi) is 5.16. The maximum atomic E-state index is 2.71. The van der Waals surface area contributed by atoms with Crippen molar-refractivity contribution in [2.24, 2.45) is 0 Å². The third kappa shape index (κ3) is 3.10. The Balaban J connectivity index is 1.84. The van der Waals surface area contributed by atoms with Gasteiger partial charge < -0.3 is 0 Å². The maximum absolute atomic E-state index is 4.04. The number of hydrogen-bond donors (Lipinski definition) is 0. The van der Waals surface area contributed by atoms with E-state index in [-0.39, 0.29) is 0 Å². The van der Waals surface area contributed by atoms with Gasteiger partial charge in [-0.05, 0) is 0 Å². The molecule has 2 aliphatic carbocycles. The average molecular weight is 518 g/mol. The molecular weight excluding hydrogens is 488 g/mol. The van der Waals surface area contributed by atoms with Crippen LogP contribution < -0.4 is 0 Å². The van der Waals surface area contributed by atoms with Gasteiger partial charge in [-0.25, -0.2) is 0 Å². The van der Waals surface area contributed by atoms with Crippen molar-refractivity contribution in [3.8, 4) is 11.1 Å². The Morgan fingerprint density at radius 2 is 0.941 bits per heavy atom. The molecule has 6 rings (SSSR count). The van der Waals surface area contributed by atoms with Gasteiger partial charge in [0.05, 0.1) is 0 Å². The number of fused-ring (bicyclic) bond motifs is 3. The van der Waals surface area contributed by atoms with E-state index in [1.807, 2.05) is 0 Å². The zero-order valence-electron chi connectivity index (χ0n) is 19.9. The Hall–Kier alpha value is -2.89.